The molecule has 1 atom stereocenters. The molecular weight excluding hydrogens is 348 g/mol. The summed E-state index contributed by atoms with van der Waals surface area (Å²) in [6, 6.07) is 10.5. The standard InChI is InChI=1S/C23H30N4O/c28-23(15-19-6-4-5-7-19)27-13-12-26(22-8-2-1-3-9-22)17-20(18-27)14-21-16-24-10-11-25-21/h1-3,8-11,16,19-20H,4-7,12-15,17-18H2. The average Bonchev–Trinajstić information content (AvgIpc) is 3.14. The molecule has 0 N–H and O–H groups in total. The highest BCUT2D eigenvalue weighted by Gasteiger charge is 2.28. The molecule has 5 nitrogen and oxygen atoms in total. The van der Waals surface area contributed by atoms with Crippen molar-refractivity contribution in [2.24, 2.45) is 11.8 Å². The summed E-state index contributed by atoms with van der Waals surface area (Å²) in [7, 11) is 0. The van der Waals surface area contributed by atoms with E-state index in [0.717, 1.165) is 44.7 Å². The summed E-state index contributed by atoms with van der Waals surface area (Å²) in [6.45, 7) is 3.44. The molecule has 5 heteroatoms. The van der Waals surface area contributed by atoms with Gasteiger partial charge in [-0.2, -0.15) is 0 Å². The first-order valence-electron chi connectivity index (χ1n) is 10.6. The van der Waals surface area contributed by atoms with Crippen LogP contribution in [0.15, 0.2) is 48.9 Å². The fourth-order valence-corrected chi connectivity index (χ4v) is 4.66. The Morgan fingerprint density at radius 1 is 1.00 bits per heavy atom. The van der Waals surface area contributed by atoms with Gasteiger partial charge in [-0.15, -0.1) is 0 Å². The van der Waals surface area contributed by atoms with Crippen molar-refractivity contribution in [1.82, 2.24) is 14.9 Å². The molecule has 0 bridgehead atoms. The molecule has 1 aliphatic heterocycles. The van der Waals surface area contributed by atoms with Gasteiger partial charge in [0.25, 0.3) is 0 Å². The van der Waals surface area contributed by atoms with Crippen molar-refractivity contribution in [3.05, 3.63) is 54.6 Å². The molecule has 1 unspecified atom stereocenters. The maximum absolute atomic E-state index is 13.0. The highest BCUT2D eigenvalue weighted by Crippen LogP contribution is 2.29. The van der Waals surface area contributed by atoms with Crippen LogP contribution in [0.4, 0.5) is 5.69 Å². The highest BCUT2D eigenvalue weighted by molar-refractivity contribution is 5.76. The van der Waals surface area contributed by atoms with Gasteiger partial charge in [-0.25, -0.2) is 0 Å². The number of carbonyl (C=O) groups is 1. The molecule has 0 spiro atoms. The first-order valence-corrected chi connectivity index (χ1v) is 10.6. The number of aromatic nitrogens is 2. The van der Waals surface area contributed by atoms with Crippen molar-refractivity contribution in [2.75, 3.05) is 31.1 Å². The first kappa shape index (κ1) is 18.9. The van der Waals surface area contributed by atoms with Gasteiger partial charge in [-0.05, 0) is 43.2 Å². The Kier molecular flexibility index (Phi) is 6.20. The number of carbonyl (C=O) groups excluding carboxylic acids is 1. The largest absolute Gasteiger partial charge is 0.369 e. The Morgan fingerprint density at radius 2 is 1.82 bits per heavy atom. The van der Waals surface area contributed by atoms with E-state index in [2.05, 4.69) is 50.1 Å². The zero-order valence-electron chi connectivity index (χ0n) is 16.5. The summed E-state index contributed by atoms with van der Waals surface area (Å²) < 4.78 is 0. The number of hydrogen-bond donors (Lipinski definition) is 0. The van der Waals surface area contributed by atoms with Gasteiger partial charge in [0.15, 0.2) is 0 Å². The molecule has 1 aromatic carbocycles. The fourth-order valence-electron chi connectivity index (χ4n) is 4.66. The Labute approximate surface area is 167 Å². The van der Waals surface area contributed by atoms with Crippen LogP contribution < -0.4 is 4.90 Å². The molecule has 2 aromatic rings. The van der Waals surface area contributed by atoms with Gasteiger partial charge in [0.1, 0.15) is 0 Å². The Hall–Kier alpha value is -2.43. The Morgan fingerprint density at radius 3 is 2.57 bits per heavy atom. The van der Waals surface area contributed by atoms with E-state index >= 15 is 0 Å². The SMILES string of the molecule is O=C(CC1CCCC1)N1CCN(c2ccccc2)CC(Cc2cnccn2)C1. The summed E-state index contributed by atoms with van der Waals surface area (Å²) >= 11 is 0. The topological polar surface area (TPSA) is 49.3 Å². The average molecular weight is 379 g/mol. The third-order valence-corrected chi connectivity index (χ3v) is 6.12. The zero-order valence-corrected chi connectivity index (χ0v) is 16.5. The van der Waals surface area contributed by atoms with Gasteiger partial charge in [0.05, 0.1) is 5.69 Å². The van der Waals surface area contributed by atoms with Crippen LogP contribution in [0.3, 0.4) is 0 Å². The van der Waals surface area contributed by atoms with E-state index in [9.17, 15) is 4.79 Å². The van der Waals surface area contributed by atoms with Gasteiger partial charge in [-0.3, -0.25) is 14.8 Å². The third-order valence-electron chi connectivity index (χ3n) is 6.12. The zero-order chi connectivity index (χ0) is 19.2. The minimum atomic E-state index is 0.339. The summed E-state index contributed by atoms with van der Waals surface area (Å²) in [6.07, 6.45) is 11.9. The molecule has 1 amide bonds. The molecule has 1 saturated heterocycles. The second-order valence-corrected chi connectivity index (χ2v) is 8.24. The lowest BCUT2D eigenvalue weighted by atomic mass is 10.0. The van der Waals surface area contributed by atoms with Crippen molar-refractivity contribution in [2.45, 2.75) is 38.5 Å². The molecule has 4 rings (SSSR count). The van der Waals surface area contributed by atoms with E-state index in [0.29, 0.717) is 17.7 Å². The van der Waals surface area contributed by atoms with E-state index < -0.39 is 0 Å². The lowest BCUT2D eigenvalue weighted by molar-refractivity contribution is -0.132. The van der Waals surface area contributed by atoms with Crippen LogP contribution in [-0.4, -0.2) is 47.0 Å². The number of benzene rings is 1. The number of anilines is 1. The monoisotopic (exact) mass is 378 g/mol. The van der Waals surface area contributed by atoms with Crippen LogP contribution in [0.2, 0.25) is 0 Å². The third kappa shape index (κ3) is 4.89. The van der Waals surface area contributed by atoms with Crippen LogP contribution in [0.25, 0.3) is 0 Å². The minimum absolute atomic E-state index is 0.339. The fraction of sp³-hybridized carbons (Fsp3) is 0.522. The maximum Gasteiger partial charge on any atom is 0.222 e. The van der Waals surface area contributed by atoms with Crippen molar-refractivity contribution >= 4 is 11.6 Å². The number of nitrogens with zero attached hydrogens (tertiary/aromatic N) is 4. The van der Waals surface area contributed by atoms with Crippen LogP contribution in [0, 0.1) is 11.8 Å². The van der Waals surface area contributed by atoms with E-state index in [4.69, 9.17) is 0 Å². The number of rotatable bonds is 5. The summed E-state index contributed by atoms with van der Waals surface area (Å²) in [5, 5.41) is 0. The molecular formula is C23H30N4O. The van der Waals surface area contributed by atoms with Crippen LogP contribution in [0.5, 0.6) is 0 Å². The predicted molar refractivity (Wildman–Crippen MR) is 111 cm³/mol. The number of hydrogen-bond acceptors (Lipinski definition) is 4. The summed E-state index contributed by atoms with van der Waals surface area (Å²) in [5.74, 6) is 1.29. The van der Waals surface area contributed by atoms with E-state index in [1.54, 1.807) is 12.4 Å². The van der Waals surface area contributed by atoms with Crippen molar-refractivity contribution < 1.29 is 4.79 Å². The van der Waals surface area contributed by atoms with E-state index in [1.807, 2.05) is 6.20 Å². The lowest BCUT2D eigenvalue weighted by Gasteiger charge is -2.26. The summed E-state index contributed by atoms with van der Waals surface area (Å²) in [5.41, 5.74) is 2.24. The molecule has 2 aliphatic rings. The quantitative estimate of drug-likeness (QED) is 0.798. The molecule has 28 heavy (non-hydrogen) atoms. The molecule has 2 heterocycles. The second-order valence-electron chi connectivity index (χ2n) is 8.24. The van der Waals surface area contributed by atoms with E-state index in [-0.39, 0.29) is 0 Å². The number of amides is 1. The van der Waals surface area contributed by atoms with Crippen LogP contribution >= 0.6 is 0 Å². The lowest BCUT2D eigenvalue weighted by Crippen LogP contribution is -2.37. The van der Waals surface area contributed by atoms with Gasteiger partial charge < -0.3 is 9.80 Å². The smallest absolute Gasteiger partial charge is 0.222 e. The Balaban J connectivity index is 1.48. The van der Waals surface area contributed by atoms with Gasteiger partial charge in [0.2, 0.25) is 5.91 Å². The van der Waals surface area contributed by atoms with Crippen molar-refractivity contribution in [3.63, 3.8) is 0 Å². The molecule has 1 aliphatic carbocycles. The van der Waals surface area contributed by atoms with Crippen molar-refractivity contribution in [1.29, 1.82) is 0 Å². The van der Waals surface area contributed by atoms with Gasteiger partial charge >= 0.3 is 0 Å². The molecule has 0 radical (unpaired) electrons. The highest BCUT2D eigenvalue weighted by atomic mass is 16.2. The normalized spacial score (nSPS) is 20.9. The first-order chi connectivity index (χ1) is 13.8. The van der Waals surface area contributed by atoms with Gasteiger partial charge in [-0.1, -0.05) is 31.0 Å². The molecule has 1 saturated carbocycles. The number of para-hydroxylation sites is 1. The molecule has 1 aromatic heterocycles. The molecule has 148 valence electrons. The minimum Gasteiger partial charge on any atom is -0.369 e. The van der Waals surface area contributed by atoms with Crippen LogP contribution in [0.1, 0.15) is 37.8 Å². The van der Waals surface area contributed by atoms with Crippen LogP contribution in [-0.2, 0) is 11.2 Å². The Bertz CT molecular complexity index is 746. The maximum atomic E-state index is 13.0. The van der Waals surface area contributed by atoms with Crippen molar-refractivity contribution in [3.8, 4) is 0 Å². The predicted octanol–water partition coefficient (Wildman–Crippen LogP) is 3.56. The van der Waals surface area contributed by atoms with Gasteiger partial charge in [0, 0.05) is 56.9 Å². The second kappa shape index (κ2) is 9.18. The molecule has 2 fully saturated rings. The van der Waals surface area contributed by atoms with E-state index in [1.165, 1.54) is 31.4 Å². The summed E-state index contributed by atoms with van der Waals surface area (Å²) in [4.78, 5) is 26.2.